The van der Waals surface area contributed by atoms with Crippen LogP contribution in [0.3, 0.4) is 0 Å². The number of nitro groups is 2. The zero-order chi connectivity index (χ0) is 26.7. The van der Waals surface area contributed by atoms with Crippen LogP contribution in [0.4, 0.5) is 16.2 Å². The van der Waals surface area contributed by atoms with Crippen molar-refractivity contribution < 1.29 is 28.9 Å². The van der Waals surface area contributed by atoms with E-state index >= 15 is 0 Å². The third kappa shape index (κ3) is 5.71. The number of amides is 2. The summed E-state index contributed by atoms with van der Waals surface area (Å²) in [6.07, 6.45) is 1.52. The van der Waals surface area contributed by atoms with Gasteiger partial charge in [0.25, 0.3) is 16.8 Å². The lowest BCUT2D eigenvalue weighted by atomic mass is 10.1. The number of hydrogen-bond donors (Lipinski definition) is 0. The molecule has 1 fully saturated rings. The summed E-state index contributed by atoms with van der Waals surface area (Å²) in [6, 6.07) is 14.4. The minimum absolute atomic E-state index is 0.100. The fraction of sp³-hybridized carbons (Fsp3) is 0.0833. The van der Waals surface area contributed by atoms with Crippen LogP contribution in [0.25, 0.3) is 6.08 Å². The van der Waals surface area contributed by atoms with Gasteiger partial charge in [-0.15, -0.1) is 0 Å². The normalized spacial score (nSPS) is 14.2. The predicted octanol–water partition coefficient (Wildman–Crippen LogP) is 6.19. The van der Waals surface area contributed by atoms with E-state index in [1.807, 2.05) is 0 Å². The van der Waals surface area contributed by atoms with Crippen LogP contribution in [0.5, 0.6) is 17.2 Å². The van der Waals surface area contributed by atoms with Gasteiger partial charge in [0.15, 0.2) is 11.5 Å². The molecule has 0 bridgehead atoms. The second-order valence-corrected chi connectivity index (χ2v) is 9.00. The van der Waals surface area contributed by atoms with E-state index in [2.05, 4.69) is 0 Å². The molecule has 13 heteroatoms. The summed E-state index contributed by atoms with van der Waals surface area (Å²) in [5.74, 6) is -0.384. The Morgan fingerprint density at radius 2 is 1.65 bits per heavy atom. The van der Waals surface area contributed by atoms with Crippen molar-refractivity contribution in [3.8, 4) is 17.2 Å². The molecule has 1 aliphatic rings. The number of halogens is 1. The van der Waals surface area contributed by atoms with E-state index in [0.717, 1.165) is 40.4 Å². The number of benzene rings is 3. The predicted molar refractivity (Wildman–Crippen MR) is 136 cm³/mol. The number of thioether (sulfide) groups is 1. The number of carbonyl (C=O) groups is 2. The van der Waals surface area contributed by atoms with E-state index in [0.29, 0.717) is 10.6 Å². The van der Waals surface area contributed by atoms with Gasteiger partial charge in [-0.3, -0.25) is 34.7 Å². The molecule has 3 aromatic carbocycles. The average Bonchev–Trinajstić information content (AvgIpc) is 3.13. The van der Waals surface area contributed by atoms with E-state index in [4.69, 9.17) is 21.1 Å². The van der Waals surface area contributed by atoms with Gasteiger partial charge in [-0.05, 0) is 59.3 Å². The molecule has 3 aromatic rings. The summed E-state index contributed by atoms with van der Waals surface area (Å²) < 4.78 is 11.0. The molecule has 2 amide bonds. The maximum absolute atomic E-state index is 12.9. The molecule has 37 heavy (non-hydrogen) atoms. The highest BCUT2D eigenvalue weighted by Gasteiger charge is 2.35. The van der Waals surface area contributed by atoms with Crippen molar-refractivity contribution in [3.05, 3.63) is 102 Å². The van der Waals surface area contributed by atoms with Crippen molar-refractivity contribution in [2.24, 2.45) is 0 Å². The zero-order valence-corrected chi connectivity index (χ0v) is 20.5. The highest BCUT2D eigenvalue weighted by Crippen LogP contribution is 2.39. The van der Waals surface area contributed by atoms with Gasteiger partial charge in [0.05, 0.1) is 34.5 Å². The topological polar surface area (TPSA) is 142 Å². The number of hydrogen-bond acceptors (Lipinski definition) is 9. The van der Waals surface area contributed by atoms with Crippen molar-refractivity contribution >= 4 is 52.0 Å². The van der Waals surface area contributed by atoms with Crippen molar-refractivity contribution in [3.63, 3.8) is 0 Å². The minimum Gasteiger partial charge on any atom is -0.493 e. The summed E-state index contributed by atoms with van der Waals surface area (Å²) >= 11 is 6.68. The first-order valence-corrected chi connectivity index (χ1v) is 11.6. The van der Waals surface area contributed by atoms with E-state index in [1.165, 1.54) is 25.3 Å². The summed E-state index contributed by atoms with van der Waals surface area (Å²) in [6.45, 7) is 0.100. The Morgan fingerprint density at radius 3 is 2.30 bits per heavy atom. The lowest BCUT2D eigenvalue weighted by molar-refractivity contribution is -0.394. The highest BCUT2D eigenvalue weighted by molar-refractivity contribution is 8.18. The second kappa shape index (κ2) is 10.7. The summed E-state index contributed by atoms with van der Waals surface area (Å²) in [5, 5.41) is 22.5. The van der Waals surface area contributed by atoms with E-state index in [1.54, 1.807) is 30.3 Å². The fourth-order valence-electron chi connectivity index (χ4n) is 3.39. The fourth-order valence-corrected chi connectivity index (χ4v) is 4.35. The summed E-state index contributed by atoms with van der Waals surface area (Å²) in [5.41, 5.74) is 0.219. The van der Waals surface area contributed by atoms with Crippen molar-refractivity contribution in [2.45, 2.75) is 6.54 Å². The largest absolute Gasteiger partial charge is 0.493 e. The molecule has 0 spiro atoms. The number of imide groups is 1. The maximum Gasteiger partial charge on any atom is 0.318 e. The lowest BCUT2D eigenvalue weighted by Gasteiger charge is -2.12. The number of carbonyl (C=O) groups excluding carboxylic acids is 2. The van der Waals surface area contributed by atoms with Crippen molar-refractivity contribution in [2.75, 3.05) is 7.11 Å². The van der Waals surface area contributed by atoms with Crippen molar-refractivity contribution in [1.82, 2.24) is 4.90 Å². The van der Waals surface area contributed by atoms with Gasteiger partial charge >= 0.3 is 5.69 Å². The van der Waals surface area contributed by atoms with Crippen LogP contribution >= 0.6 is 23.4 Å². The molecule has 0 aromatic heterocycles. The number of ether oxygens (including phenoxy) is 2. The molecular formula is C24H16ClN3O8S. The van der Waals surface area contributed by atoms with Gasteiger partial charge in [0.2, 0.25) is 5.75 Å². The van der Waals surface area contributed by atoms with Gasteiger partial charge < -0.3 is 9.47 Å². The molecule has 0 saturated carbocycles. The van der Waals surface area contributed by atoms with E-state index < -0.39 is 32.4 Å². The molecule has 0 radical (unpaired) electrons. The molecule has 0 aliphatic carbocycles. The first kappa shape index (κ1) is 25.7. The molecule has 11 nitrogen and oxygen atoms in total. The quantitative estimate of drug-likeness (QED) is 0.185. The Balaban J connectivity index is 1.57. The Hall–Kier alpha value is -4.42. The van der Waals surface area contributed by atoms with Gasteiger partial charge in [0, 0.05) is 11.1 Å². The van der Waals surface area contributed by atoms with Crippen LogP contribution in [0.2, 0.25) is 5.02 Å². The number of nitro benzene ring substituents is 2. The summed E-state index contributed by atoms with van der Waals surface area (Å²) in [4.78, 5) is 47.5. The molecule has 188 valence electrons. The van der Waals surface area contributed by atoms with E-state index in [-0.39, 0.29) is 28.7 Å². The third-order valence-corrected chi connectivity index (χ3v) is 6.34. The van der Waals surface area contributed by atoms with Gasteiger partial charge in [0.1, 0.15) is 0 Å². The van der Waals surface area contributed by atoms with Crippen LogP contribution in [-0.2, 0) is 11.3 Å². The Morgan fingerprint density at radius 1 is 0.946 bits per heavy atom. The highest BCUT2D eigenvalue weighted by atomic mass is 35.5. The number of methoxy groups -OCH3 is 1. The summed E-state index contributed by atoms with van der Waals surface area (Å²) in [7, 11) is 1.36. The first-order valence-electron chi connectivity index (χ1n) is 10.4. The van der Waals surface area contributed by atoms with Crippen LogP contribution in [0.15, 0.2) is 65.6 Å². The Kier molecular flexibility index (Phi) is 7.41. The van der Waals surface area contributed by atoms with Crippen LogP contribution in [0.1, 0.15) is 11.1 Å². The van der Waals surface area contributed by atoms with Crippen LogP contribution in [0, 0.1) is 20.2 Å². The number of rotatable bonds is 8. The monoisotopic (exact) mass is 541 g/mol. The maximum atomic E-state index is 12.9. The zero-order valence-electron chi connectivity index (χ0n) is 19.0. The third-order valence-electron chi connectivity index (χ3n) is 5.18. The Bertz CT molecular complexity index is 1460. The van der Waals surface area contributed by atoms with Gasteiger partial charge in [-0.2, -0.15) is 0 Å². The first-order chi connectivity index (χ1) is 17.7. The van der Waals surface area contributed by atoms with Gasteiger partial charge in [-0.1, -0.05) is 29.8 Å². The molecule has 1 heterocycles. The van der Waals surface area contributed by atoms with E-state index in [9.17, 15) is 29.8 Å². The Labute approximate surface area is 218 Å². The van der Waals surface area contributed by atoms with Crippen molar-refractivity contribution in [1.29, 1.82) is 0 Å². The van der Waals surface area contributed by atoms with Crippen LogP contribution < -0.4 is 9.47 Å². The molecule has 1 saturated heterocycles. The molecular weight excluding hydrogens is 526 g/mol. The standard InChI is InChI=1S/C24H16ClN3O8S/c1-35-21-10-15(4-8-20(21)36-19-9-7-17(27(31)32)12-18(19)28(33)34)11-22-23(29)26(24(30)37-22)13-14-2-5-16(25)6-3-14/h2-12H,13H2,1H3/b22-11-. The second-order valence-electron chi connectivity index (χ2n) is 7.57. The molecule has 0 atom stereocenters. The molecule has 4 rings (SSSR count). The number of non-ortho nitro benzene ring substituents is 1. The smallest absolute Gasteiger partial charge is 0.318 e. The molecule has 0 N–H and O–H groups in total. The van der Waals surface area contributed by atoms with Crippen LogP contribution in [-0.4, -0.2) is 33.0 Å². The molecule has 0 unspecified atom stereocenters. The SMILES string of the molecule is COc1cc(/C=C2\SC(=O)N(Cc3ccc(Cl)cc3)C2=O)ccc1Oc1ccc([N+](=O)[O-])cc1[N+](=O)[O-]. The average molecular weight is 542 g/mol. The lowest BCUT2D eigenvalue weighted by Crippen LogP contribution is -2.27. The minimum atomic E-state index is -0.788. The van der Waals surface area contributed by atoms with Gasteiger partial charge in [-0.25, -0.2) is 0 Å². The number of nitrogens with zero attached hydrogens (tertiary/aromatic N) is 3. The molecule has 1 aliphatic heterocycles.